The molecule has 50 heavy (non-hydrogen) atoms. The van der Waals surface area contributed by atoms with Gasteiger partial charge in [-0.15, -0.1) is 0 Å². The second-order valence-electron chi connectivity index (χ2n) is 13.4. The first-order valence-electron chi connectivity index (χ1n) is 17.5. The predicted octanol–water partition coefficient (Wildman–Crippen LogP) is 12.9. The summed E-state index contributed by atoms with van der Waals surface area (Å²) in [5.41, 5.74) is 17.7. The Morgan fingerprint density at radius 2 is 1.06 bits per heavy atom. The number of benzene rings is 7. The number of allylic oxidation sites excluding steroid dienone is 4. The Labute approximate surface area is 292 Å². The molecule has 0 fully saturated rings. The number of aromatic nitrogens is 1. The van der Waals surface area contributed by atoms with Gasteiger partial charge in [0.15, 0.2) is 0 Å². The van der Waals surface area contributed by atoms with Gasteiger partial charge in [0.25, 0.3) is 0 Å². The van der Waals surface area contributed by atoms with Crippen LogP contribution in [0.3, 0.4) is 0 Å². The quantitative estimate of drug-likeness (QED) is 0.176. The third-order valence-corrected chi connectivity index (χ3v) is 10.4. The molecule has 8 aromatic rings. The average molecular weight is 639 g/mol. The van der Waals surface area contributed by atoms with Crippen molar-refractivity contribution in [1.29, 1.82) is 0 Å². The lowest BCUT2D eigenvalue weighted by atomic mass is 10.0. The Kier molecular flexibility index (Phi) is 6.67. The summed E-state index contributed by atoms with van der Waals surface area (Å²) in [7, 11) is 0. The maximum absolute atomic E-state index is 2.40. The van der Waals surface area contributed by atoms with E-state index >= 15 is 0 Å². The van der Waals surface area contributed by atoms with Crippen molar-refractivity contribution in [3.05, 3.63) is 199 Å². The zero-order valence-electron chi connectivity index (χ0n) is 27.6. The molecule has 2 aliphatic carbocycles. The van der Waals surface area contributed by atoms with E-state index < -0.39 is 0 Å². The topological polar surface area (TPSA) is 8.17 Å². The highest BCUT2D eigenvalue weighted by Crippen LogP contribution is 2.44. The van der Waals surface area contributed by atoms with E-state index in [0.717, 1.165) is 24.2 Å². The Balaban J connectivity index is 1.05. The highest BCUT2D eigenvalue weighted by atomic mass is 15.1. The molecule has 2 nitrogen and oxygen atoms in total. The summed E-state index contributed by atoms with van der Waals surface area (Å²) in [6.45, 7) is 0. The van der Waals surface area contributed by atoms with Crippen molar-refractivity contribution in [3.8, 4) is 27.9 Å². The maximum atomic E-state index is 2.40. The van der Waals surface area contributed by atoms with Gasteiger partial charge in [-0.25, -0.2) is 0 Å². The molecule has 1 aromatic heterocycles. The highest BCUT2D eigenvalue weighted by Gasteiger charge is 2.24. The monoisotopic (exact) mass is 638 g/mol. The third kappa shape index (κ3) is 4.72. The molecule has 10 rings (SSSR count). The molecule has 7 aromatic carbocycles. The van der Waals surface area contributed by atoms with Gasteiger partial charge in [-0.3, -0.25) is 0 Å². The van der Waals surface area contributed by atoms with Crippen molar-refractivity contribution in [2.75, 3.05) is 4.90 Å². The van der Waals surface area contributed by atoms with E-state index in [-0.39, 0.29) is 0 Å². The molecule has 0 N–H and O–H groups in total. The van der Waals surface area contributed by atoms with Crippen molar-refractivity contribution in [1.82, 2.24) is 4.57 Å². The van der Waals surface area contributed by atoms with Gasteiger partial charge >= 0.3 is 0 Å². The van der Waals surface area contributed by atoms with Crippen LogP contribution in [-0.2, 0) is 6.42 Å². The Hall–Kier alpha value is -6.38. The Morgan fingerprint density at radius 1 is 0.460 bits per heavy atom. The van der Waals surface area contributed by atoms with Gasteiger partial charge in [0, 0.05) is 33.5 Å². The van der Waals surface area contributed by atoms with Crippen molar-refractivity contribution in [2.45, 2.75) is 12.8 Å². The number of anilines is 3. The summed E-state index contributed by atoms with van der Waals surface area (Å²) in [5, 5.41) is 2.53. The SMILES string of the molecule is C1=CC2=C(C1)Cc1cc(N(c3ccc(-c4ccccc4)cc3)c3ccc(-c4ccc5c(c4)c4ccccc4n5-c4ccccc4)cc3)ccc12. The van der Waals surface area contributed by atoms with Crippen molar-refractivity contribution in [2.24, 2.45) is 0 Å². The standard InChI is InChI=1S/C48H34N2/c1-3-10-33(11-4-1)34-18-23-40(24-19-34)49(42-27-28-44-38(31-42)30-37-12-9-16-43(37)44)41-25-20-35(21-26-41)36-22-29-48-46(32-36)45-15-7-8-17-47(45)50(48)39-13-5-2-6-14-39/h1-11,13-29,31-32H,12,30H2. The predicted molar refractivity (Wildman–Crippen MR) is 211 cm³/mol. The van der Waals surface area contributed by atoms with Gasteiger partial charge in [-0.05, 0) is 119 Å². The molecule has 1 heterocycles. The van der Waals surface area contributed by atoms with Gasteiger partial charge in [0.2, 0.25) is 0 Å². The third-order valence-electron chi connectivity index (χ3n) is 10.4. The smallest absolute Gasteiger partial charge is 0.0541 e. The Bertz CT molecular complexity index is 2610. The molecule has 0 spiro atoms. The molecule has 0 saturated carbocycles. The molecular formula is C48H34N2. The molecule has 0 saturated heterocycles. The van der Waals surface area contributed by atoms with Gasteiger partial charge in [-0.2, -0.15) is 0 Å². The number of fused-ring (bicyclic) bond motifs is 5. The average Bonchev–Trinajstić information content (AvgIpc) is 3.88. The van der Waals surface area contributed by atoms with Gasteiger partial charge < -0.3 is 9.47 Å². The van der Waals surface area contributed by atoms with Crippen LogP contribution in [0.1, 0.15) is 17.5 Å². The lowest BCUT2D eigenvalue weighted by Gasteiger charge is -2.26. The molecular weight excluding hydrogens is 605 g/mol. The van der Waals surface area contributed by atoms with Gasteiger partial charge in [0.05, 0.1) is 11.0 Å². The number of rotatable bonds is 6. The van der Waals surface area contributed by atoms with Crippen LogP contribution >= 0.6 is 0 Å². The van der Waals surface area contributed by atoms with Crippen LogP contribution in [0.25, 0.3) is 55.3 Å². The van der Waals surface area contributed by atoms with Crippen molar-refractivity contribution < 1.29 is 0 Å². The van der Waals surface area contributed by atoms with Gasteiger partial charge in [-0.1, -0.05) is 121 Å². The summed E-state index contributed by atoms with van der Waals surface area (Å²) < 4.78 is 2.37. The van der Waals surface area contributed by atoms with Crippen LogP contribution in [0.5, 0.6) is 0 Å². The van der Waals surface area contributed by atoms with Crippen LogP contribution in [0.15, 0.2) is 188 Å². The summed E-state index contributed by atoms with van der Waals surface area (Å²) in [6.07, 6.45) is 6.71. The first-order valence-corrected chi connectivity index (χ1v) is 17.5. The summed E-state index contributed by atoms with van der Waals surface area (Å²) in [5.74, 6) is 0. The summed E-state index contributed by atoms with van der Waals surface area (Å²) in [4.78, 5) is 2.40. The van der Waals surface area contributed by atoms with Crippen LogP contribution in [0.2, 0.25) is 0 Å². The fraction of sp³-hybridized carbons (Fsp3) is 0.0417. The zero-order valence-corrected chi connectivity index (χ0v) is 27.6. The molecule has 2 aliphatic rings. The molecule has 0 amide bonds. The van der Waals surface area contributed by atoms with Crippen molar-refractivity contribution in [3.63, 3.8) is 0 Å². The zero-order chi connectivity index (χ0) is 33.0. The minimum Gasteiger partial charge on any atom is -0.310 e. The second kappa shape index (κ2) is 11.6. The number of hydrogen-bond donors (Lipinski definition) is 0. The van der Waals surface area contributed by atoms with Crippen LogP contribution in [0.4, 0.5) is 17.1 Å². The molecule has 0 aliphatic heterocycles. The van der Waals surface area contributed by atoms with Crippen molar-refractivity contribution >= 4 is 44.4 Å². The highest BCUT2D eigenvalue weighted by molar-refractivity contribution is 6.10. The van der Waals surface area contributed by atoms with E-state index in [9.17, 15) is 0 Å². The van der Waals surface area contributed by atoms with E-state index in [4.69, 9.17) is 0 Å². The lowest BCUT2D eigenvalue weighted by Crippen LogP contribution is -2.10. The molecule has 236 valence electrons. The largest absolute Gasteiger partial charge is 0.310 e. The van der Waals surface area contributed by atoms with Gasteiger partial charge in [0.1, 0.15) is 0 Å². The molecule has 0 unspecified atom stereocenters. The van der Waals surface area contributed by atoms with E-state index in [1.165, 1.54) is 72.1 Å². The normalized spacial score (nSPS) is 13.3. The number of para-hydroxylation sites is 2. The molecule has 0 bridgehead atoms. The maximum Gasteiger partial charge on any atom is 0.0541 e. The second-order valence-corrected chi connectivity index (χ2v) is 13.4. The molecule has 0 atom stereocenters. The first-order chi connectivity index (χ1) is 24.8. The summed E-state index contributed by atoms with van der Waals surface area (Å²) in [6, 6.07) is 61.9. The Morgan fingerprint density at radius 3 is 1.82 bits per heavy atom. The minimum atomic E-state index is 1.04. The minimum absolute atomic E-state index is 1.04. The van der Waals surface area contributed by atoms with Crippen LogP contribution in [-0.4, -0.2) is 4.57 Å². The van der Waals surface area contributed by atoms with Crippen LogP contribution in [0, 0.1) is 0 Å². The lowest BCUT2D eigenvalue weighted by molar-refractivity contribution is 1.12. The molecule has 2 heteroatoms. The summed E-state index contributed by atoms with van der Waals surface area (Å²) >= 11 is 0. The first kappa shape index (κ1) is 28.6. The molecule has 0 radical (unpaired) electrons. The van der Waals surface area contributed by atoms with E-state index in [1.54, 1.807) is 5.57 Å². The van der Waals surface area contributed by atoms with E-state index in [2.05, 4.69) is 191 Å². The van der Waals surface area contributed by atoms with E-state index in [1.807, 2.05) is 0 Å². The van der Waals surface area contributed by atoms with E-state index in [0.29, 0.717) is 0 Å². The fourth-order valence-electron chi connectivity index (χ4n) is 8.04. The van der Waals surface area contributed by atoms with Crippen LogP contribution < -0.4 is 4.90 Å². The fourth-order valence-corrected chi connectivity index (χ4v) is 8.04. The number of nitrogens with zero attached hydrogens (tertiary/aromatic N) is 2. The number of hydrogen-bond acceptors (Lipinski definition) is 1.